The second-order valence-electron chi connectivity index (χ2n) is 3.95. The molecule has 1 aliphatic rings. The quantitative estimate of drug-likeness (QED) is 0.402. The van der Waals surface area contributed by atoms with Crippen molar-refractivity contribution in [2.45, 2.75) is 30.7 Å². The Morgan fingerprint density at radius 1 is 1.10 bits per heavy atom. The molecule has 8 nitrogen and oxygen atoms in total. The van der Waals surface area contributed by atoms with E-state index in [1.807, 2.05) is 0 Å². The van der Waals surface area contributed by atoms with Gasteiger partial charge in [-0.15, -0.1) is 0 Å². The van der Waals surface area contributed by atoms with Gasteiger partial charge in [0.2, 0.25) is 0 Å². The predicted molar refractivity (Wildman–Crippen MR) is 64.1 cm³/mol. The molecule has 3 N–H and O–H groups in total. The first-order valence-electron chi connectivity index (χ1n) is 5.73. The summed E-state index contributed by atoms with van der Waals surface area (Å²) in [5.41, 5.74) is 0. The zero-order valence-corrected chi connectivity index (χ0v) is 10.5. The van der Waals surface area contributed by atoms with Crippen molar-refractivity contribution in [1.82, 2.24) is 0 Å². The van der Waals surface area contributed by atoms with Crippen LogP contribution in [0.15, 0.2) is 25.3 Å². The molecule has 1 aliphatic heterocycles. The molecule has 2 unspecified atom stereocenters. The molecule has 20 heavy (non-hydrogen) atoms. The fourth-order valence-corrected chi connectivity index (χ4v) is 1.68. The van der Waals surface area contributed by atoms with Crippen molar-refractivity contribution in [3.8, 4) is 0 Å². The molecule has 0 amide bonds. The lowest BCUT2D eigenvalue weighted by molar-refractivity contribution is -0.292. The largest absolute Gasteiger partial charge is 0.452 e. The summed E-state index contributed by atoms with van der Waals surface area (Å²) in [5, 5.41) is 28.7. The van der Waals surface area contributed by atoms with Crippen molar-refractivity contribution in [2.75, 3.05) is 6.61 Å². The van der Waals surface area contributed by atoms with Crippen LogP contribution < -0.4 is 0 Å². The Labute approximate surface area is 114 Å². The van der Waals surface area contributed by atoms with Crippen LogP contribution >= 0.6 is 0 Å². The van der Waals surface area contributed by atoms with Crippen molar-refractivity contribution in [3.63, 3.8) is 0 Å². The summed E-state index contributed by atoms with van der Waals surface area (Å²) in [6.07, 6.45) is -5.55. The Hall–Kier alpha value is -1.74. The molecule has 1 fully saturated rings. The summed E-state index contributed by atoms with van der Waals surface area (Å²) in [5.74, 6) is -1.79. The predicted octanol–water partition coefficient (Wildman–Crippen LogP) is -1.75. The molecule has 0 aromatic rings. The molecule has 8 heteroatoms. The summed E-state index contributed by atoms with van der Waals surface area (Å²) in [6, 6.07) is 0. The number of ether oxygens (including phenoxy) is 3. The number of esters is 2. The third-order valence-corrected chi connectivity index (χ3v) is 2.65. The van der Waals surface area contributed by atoms with Crippen molar-refractivity contribution < 1.29 is 39.1 Å². The SMILES string of the molecule is C=CC(=O)OC1[C@H](O)OC(CO)[C@@H](O)[C@@H]1OC(=O)C=C. The molecule has 1 heterocycles. The average molecular weight is 288 g/mol. The first-order chi connectivity index (χ1) is 9.44. The van der Waals surface area contributed by atoms with E-state index < -0.39 is 49.3 Å². The molecule has 5 atom stereocenters. The Morgan fingerprint density at radius 3 is 2.05 bits per heavy atom. The van der Waals surface area contributed by atoms with Crippen LogP contribution in [0.1, 0.15) is 0 Å². The number of carbonyl (C=O) groups is 2. The Balaban J connectivity index is 2.95. The van der Waals surface area contributed by atoms with Gasteiger partial charge in [-0.05, 0) is 0 Å². The van der Waals surface area contributed by atoms with Gasteiger partial charge in [0.15, 0.2) is 18.5 Å². The highest BCUT2D eigenvalue weighted by Gasteiger charge is 2.48. The smallest absolute Gasteiger partial charge is 0.330 e. The zero-order valence-electron chi connectivity index (χ0n) is 10.5. The molecule has 0 aromatic carbocycles. The Kier molecular flexibility index (Phi) is 5.83. The Bertz CT molecular complexity index is 393. The maximum absolute atomic E-state index is 11.2. The lowest BCUT2D eigenvalue weighted by Crippen LogP contribution is -2.61. The van der Waals surface area contributed by atoms with Crippen molar-refractivity contribution in [2.24, 2.45) is 0 Å². The van der Waals surface area contributed by atoms with Gasteiger partial charge in [-0.1, -0.05) is 13.2 Å². The maximum atomic E-state index is 11.2. The summed E-state index contributed by atoms with van der Waals surface area (Å²) < 4.78 is 14.5. The van der Waals surface area contributed by atoms with E-state index in [2.05, 4.69) is 13.2 Å². The second kappa shape index (κ2) is 7.15. The standard InChI is InChI=1S/C12H16O8/c1-3-7(14)19-10-9(16)6(5-13)18-12(17)11(10)20-8(15)4-2/h3-4,6,9-13,16-17H,1-2,5H2/t6?,9-,10+,11?,12-/m1/s1. The first-order valence-corrected chi connectivity index (χ1v) is 5.73. The van der Waals surface area contributed by atoms with E-state index in [1.165, 1.54) is 0 Å². The molecule has 0 bridgehead atoms. The van der Waals surface area contributed by atoms with Gasteiger partial charge in [0.25, 0.3) is 0 Å². The monoisotopic (exact) mass is 288 g/mol. The van der Waals surface area contributed by atoms with Crippen LogP contribution in [0.25, 0.3) is 0 Å². The minimum Gasteiger partial charge on any atom is -0.452 e. The van der Waals surface area contributed by atoms with Crippen LogP contribution in [-0.2, 0) is 23.8 Å². The number of aliphatic hydroxyl groups excluding tert-OH is 3. The lowest BCUT2D eigenvalue weighted by Gasteiger charge is -2.40. The molecule has 1 saturated heterocycles. The minimum atomic E-state index is -1.68. The summed E-state index contributed by atoms with van der Waals surface area (Å²) in [6.45, 7) is 5.75. The molecular weight excluding hydrogens is 272 g/mol. The van der Waals surface area contributed by atoms with Crippen LogP contribution in [0.2, 0.25) is 0 Å². The fraction of sp³-hybridized carbons (Fsp3) is 0.500. The number of hydrogen-bond acceptors (Lipinski definition) is 8. The summed E-state index contributed by atoms with van der Waals surface area (Å²) in [4.78, 5) is 22.4. The highest BCUT2D eigenvalue weighted by Crippen LogP contribution is 2.25. The topological polar surface area (TPSA) is 123 Å². The van der Waals surface area contributed by atoms with Crippen molar-refractivity contribution in [3.05, 3.63) is 25.3 Å². The van der Waals surface area contributed by atoms with Crippen LogP contribution in [0.3, 0.4) is 0 Å². The van der Waals surface area contributed by atoms with E-state index in [0.29, 0.717) is 0 Å². The maximum Gasteiger partial charge on any atom is 0.330 e. The van der Waals surface area contributed by atoms with E-state index in [4.69, 9.17) is 19.3 Å². The molecule has 0 aromatic heterocycles. The molecule has 0 aliphatic carbocycles. The van der Waals surface area contributed by atoms with Gasteiger partial charge in [0.1, 0.15) is 12.2 Å². The van der Waals surface area contributed by atoms with Crippen LogP contribution in [0.5, 0.6) is 0 Å². The number of rotatable bonds is 5. The van der Waals surface area contributed by atoms with Crippen LogP contribution in [0.4, 0.5) is 0 Å². The molecule has 0 spiro atoms. The minimum absolute atomic E-state index is 0.623. The van der Waals surface area contributed by atoms with Gasteiger partial charge in [-0.3, -0.25) is 0 Å². The van der Waals surface area contributed by atoms with Crippen molar-refractivity contribution >= 4 is 11.9 Å². The third-order valence-electron chi connectivity index (χ3n) is 2.65. The zero-order chi connectivity index (χ0) is 15.3. The van der Waals surface area contributed by atoms with Gasteiger partial charge in [-0.25, -0.2) is 9.59 Å². The van der Waals surface area contributed by atoms with Gasteiger partial charge in [-0.2, -0.15) is 0 Å². The average Bonchev–Trinajstić information content (AvgIpc) is 2.45. The lowest BCUT2D eigenvalue weighted by atomic mass is 9.99. The highest BCUT2D eigenvalue weighted by molar-refractivity contribution is 5.82. The highest BCUT2D eigenvalue weighted by atomic mass is 16.7. The number of carbonyl (C=O) groups excluding carboxylic acids is 2. The summed E-state index contributed by atoms with van der Waals surface area (Å²) in [7, 11) is 0. The molecular formula is C12H16O8. The number of aliphatic hydroxyl groups is 3. The van der Waals surface area contributed by atoms with Gasteiger partial charge < -0.3 is 29.5 Å². The molecule has 1 rings (SSSR count). The van der Waals surface area contributed by atoms with Crippen molar-refractivity contribution in [1.29, 1.82) is 0 Å². The second-order valence-corrected chi connectivity index (χ2v) is 3.95. The first kappa shape index (κ1) is 16.3. The Morgan fingerprint density at radius 2 is 1.60 bits per heavy atom. The van der Waals surface area contributed by atoms with E-state index in [1.54, 1.807) is 0 Å². The number of hydrogen-bond donors (Lipinski definition) is 3. The third kappa shape index (κ3) is 3.64. The van der Waals surface area contributed by atoms with E-state index in [-0.39, 0.29) is 0 Å². The van der Waals surface area contributed by atoms with Crippen LogP contribution in [-0.4, -0.2) is 64.6 Å². The van der Waals surface area contributed by atoms with Gasteiger partial charge >= 0.3 is 11.9 Å². The van der Waals surface area contributed by atoms with E-state index in [0.717, 1.165) is 12.2 Å². The van der Waals surface area contributed by atoms with Crippen LogP contribution in [0, 0.1) is 0 Å². The molecule has 0 saturated carbocycles. The fourth-order valence-electron chi connectivity index (χ4n) is 1.68. The molecule has 0 radical (unpaired) electrons. The summed E-state index contributed by atoms with van der Waals surface area (Å²) >= 11 is 0. The van der Waals surface area contributed by atoms with Gasteiger partial charge in [0, 0.05) is 12.2 Å². The molecule has 112 valence electrons. The normalized spacial score (nSPS) is 33.0. The van der Waals surface area contributed by atoms with Gasteiger partial charge in [0.05, 0.1) is 6.61 Å². The van der Waals surface area contributed by atoms with E-state index in [9.17, 15) is 19.8 Å². The van der Waals surface area contributed by atoms with E-state index >= 15 is 0 Å².